The van der Waals surface area contributed by atoms with Gasteiger partial charge in [-0.3, -0.25) is 0 Å². The molecule has 3 nitrogen and oxygen atoms in total. The number of nitrogens with one attached hydrogen (secondary N) is 1. The van der Waals surface area contributed by atoms with Gasteiger partial charge < -0.3 is 10.1 Å². The Morgan fingerprint density at radius 3 is 2.75 bits per heavy atom. The Labute approximate surface area is 121 Å². The molecule has 0 radical (unpaired) electrons. The molecule has 0 aliphatic heterocycles. The van der Waals surface area contributed by atoms with Gasteiger partial charge in [0.1, 0.15) is 5.75 Å². The van der Waals surface area contributed by atoms with E-state index in [1.54, 1.807) is 0 Å². The van der Waals surface area contributed by atoms with Crippen LogP contribution in [0.5, 0.6) is 11.6 Å². The molecule has 0 bridgehead atoms. The van der Waals surface area contributed by atoms with Crippen molar-refractivity contribution in [1.82, 2.24) is 10.3 Å². The van der Waals surface area contributed by atoms with Crippen molar-refractivity contribution in [3.05, 3.63) is 53.7 Å². The molecule has 3 heteroatoms. The molecule has 0 spiro atoms. The van der Waals surface area contributed by atoms with Crippen molar-refractivity contribution in [2.24, 2.45) is 0 Å². The van der Waals surface area contributed by atoms with Gasteiger partial charge >= 0.3 is 0 Å². The number of hydrogen-bond donors (Lipinski definition) is 1. The summed E-state index contributed by atoms with van der Waals surface area (Å²) in [5.41, 5.74) is 2.27. The minimum Gasteiger partial charge on any atom is -0.439 e. The van der Waals surface area contributed by atoms with E-state index in [9.17, 15) is 0 Å². The molecular weight excluding hydrogens is 248 g/mol. The zero-order valence-electron chi connectivity index (χ0n) is 12.2. The molecule has 0 aliphatic carbocycles. The minimum atomic E-state index is 0.647. The van der Waals surface area contributed by atoms with Crippen LogP contribution in [0.4, 0.5) is 0 Å². The quantitative estimate of drug-likeness (QED) is 0.774. The average molecular weight is 270 g/mol. The fourth-order valence-corrected chi connectivity index (χ4v) is 1.96. The van der Waals surface area contributed by atoms with Crippen LogP contribution in [-0.2, 0) is 13.0 Å². The molecule has 1 N–H and O–H groups in total. The summed E-state index contributed by atoms with van der Waals surface area (Å²) in [4.78, 5) is 4.51. The summed E-state index contributed by atoms with van der Waals surface area (Å²) in [5, 5.41) is 3.34. The van der Waals surface area contributed by atoms with Gasteiger partial charge in [-0.1, -0.05) is 32.0 Å². The molecule has 20 heavy (non-hydrogen) atoms. The molecule has 2 aromatic rings. The third-order valence-electron chi connectivity index (χ3n) is 3.04. The first-order chi connectivity index (χ1) is 9.81. The summed E-state index contributed by atoms with van der Waals surface area (Å²) in [6.07, 6.45) is 2.13. The van der Waals surface area contributed by atoms with Gasteiger partial charge in [0, 0.05) is 12.6 Å². The second-order valence-corrected chi connectivity index (χ2v) is 4.75. The van der Waals surface area contributed by atoms with E-state index in [4.69, 9.17) is 4.74 Å². The number of nitrogens with zero attached hydrogens (tertiary/aromatic N) is 1. The van der Waals surface area contributed by atoms with E-state index < -0.39 is 0 Å². The molecule has 0 saturated carbocycles. The molecule has 0 unspecified atom stereocenters. The number of rotatable bonds is 7. The van der Waals surface area contributed by atoms with Crippen LogP contribution in [0.1, 0.15) is 31.5 Å². The van der Waals surface area contributed by atoms with E-state index in [-0.39, 0.29) is 0 Å². The van der Waals surface area contributed by atoms with Crippen LogP contribution in [-0.4, -0.2) is 11.5 Å². The van der Waals surface area contributed by atoms with Crippen LogP contribution in [0.25, 0.3) is 0 Å². The van der Waals surface area contributed by atoms with Gasteiger partial charge in [-0.2, -0.15) is 0 Å². The van der Waals surface area contributed by atoms with Gasteiger partial charge in [0.15, 0.2) is 0 Å². The number of hydrogen-bond acceptors (Lipinski definition) is 3. The van der Waals surface area contributed by atoms with Crippen molar-refractivity contribution >= 4 is 0 Å². The zero-order chi connectivity index (χ0) is 14.2. The molecule has 1 aromatic heterocycles. The minimum absolute atomic E-state index is 0.647. The summed E-state index contributed by atoms with van der Waals surface area (Å²) in [7, 11) is 0. The molecule has 0 amide bonds. The Morgan fingerprint density at radius 1 is 1.10 bits per heavy atom. The van der Waals surface area contributed by atoms with Crippen molar-refractivity contribution in [1.29, 1.82) is 0 Å². The molecular formula is C17H22N2O. The Balaban J connectivity index is 2.03. The maximum absolute atomic E-state index is 5.83. The van der Waals surface area contributed by atoms with Crippen LogP contribution in [0.2, 0.25) is 0 Å². The van der Waals surface area contributed by atoms with Gasteiger partial charge in [0.25, 0.3) is 0 Å². The Bertz CT molecular complexity index is 540. The van der Waals surface area contributed by atoms with E-state index >= 15 is 0 Å². The van der Waals surface area contributed by atoms with Crippen molar-refractivity contribution in [2.75, 3.05) is 6.54 Å². The standard InChI is InChI=1S/C17H22N2O/c1-3-11-18-13-15-8-6-10-17(19-15)20-16-9-5-7-14(4-2)12-16/h5-10,12,18H,3-4,11,13H2,1-2H3. The third-order valence-corrected chi connectivity index (χ3v) is 3.04. The summed E-state index contributed by atoms with van der Waals surface area (Å²) in [6.45, 7) is 6.07. The predicted octanol–water partition coefficient (Wildman–Crippen LogP) is 3.94. The normalized spacial score (nSPS) is 10.5. The van der Waals surface area contributed by atoms with Crippen molar-refractivity contribution in [3.8, 4) is 11.6 Å². The molecule has 1 aromatic carbocycles. The van der Waals surface area contributed by atoms with Gasteiger partial charge in [-0.15, -0.1) is 0 Å². The lowest BCUT2D eigenvalue weighted by molar-refractivity contribution is 0.459. The van der Waals surface area contributed by atoms with Crippen molar-refractivity contribution in [2.45, 2.75) is 33.2 Å². The van der Waals surface area contributed by atoms with Gasteiger partial charge in [-0.05, 0) is 43.1 Å². The van der Waals surface area contributed by atoms with Gasteiger partial charge in [-0.25, -0.2) is 4.98 Å². The average Bonchev–Trinajstić information content (AvgIpc) is 2.48. The summed E-state index contributed by atoms with van der Waals surface area (Å²) >= 11 is 0. The van der Waals surface area contributed by atoms with Crippen LogP contribution >= 0.6 is 0 Å². The number of pyridine rings is 1. The Morgan fingerprint density at radius 2 is 1.95 bits per heavy atom. The molecule has 106 valence electrons. The lowest BCUT2D eigenvalue weighted by Crippen LogP contribution is -2.14. The third kappa shape index (κ3) is 4.35. The van der Waals surface area contributed by atoms with E-state index in [0.29, 0.717) is 5.88 Å². The van der Waals surface area contributed by atoms with Crippen LogP contribution in [0.3, 0.4) is 0 Å². The number of ether oxygens (including phenoxy) is 1. The second kappa shape index (κ2) is 7.65. The fraction of sp³-hybridized carbons (Fsp3) is 0.353. The van der Waals surface area contributed by atoms with Gasteiger partial charge in [0.2, 0.25) is 5.88 Å². The highest BCUT2D eigenvalue weighted by molar-refractivity contribution is 5.31. The zero-order valence-corrected chi connectivity index (χ0v) is 12.2. The molecule has 0 fully saturated rings. The maximum Gasteiger partial charge on any atom is 0.219 e. The Hall–Kier alpha value is -1.87. The molecule has 0 saturated heterocycles. The highest BCUT2D eigenvalue weighted by Crippen LogP contribution is 2.20. The summed E-state index contributed by atoms with van der Waals surface area (Å²) in [5.74, 6) is 1.49. The molecule has 2 rings (SSSR count). The first-order valence-corrected chi connectivity index (χ1v) is 7.25. The SMILES string of the molecule is CCCNCc1cccc(Oc2cccc(CC)c2)n1. The predicted molar refractivity (Wildman–Crippen MR) is 82.1 cm³/mol. The monoisotopic (exact) mass is 270 g/mol. The summed E-state index contributed by atoms with van der Waals surface area (Å²) in [6, 6.07) is 14.0. The topological polar surface area (TPSA) is 34.1 Å². The van der Waals surface area contributed by atoms with E-state index in [1.807, 2.05) is 30.3 Å². The highest BCUT2D eigenvalue weighted by atomic mass is 16.5. The number of aryl methyl sites for hydroxylation is 1. The van der Waals surface area contributed by atoms with Crippen LogP contribution in [0, 0.1) is 0 Å². The van der Waals surface area contributed by atoms with Crippen LogP contribution < -0.4 is 10.1 Å². The lowest BCUT2D eigenvalue weighted by atomic mass is 10.2. The Kier molecular flexibility index (Phi) is 5.56. The number of benzene rings is 1. The molecule has 0 atom stereocenters. The van der Waals surface area contributed by atoms with E-state index in [2.05, 4.69) is 36.3 Å². The summed E-state index contributed by atoms with van der Waals surface area (Å²) < 4.78 is 5.83. The van der Waals surface area contributed by atoms with Crippen molar-refractivity contribution in [3.63, 3.8) is 0 Å². The lowest BCUT2D eigenvalue weighted by Gasteiger charge is -2.08. The first kappa shape index (κ1) is 14.5. The van der Waals surface area contributed by atoms with Gasteiger partial charge in [0.05, 0.1) is 5.69 Å². The second-order valence-electron chi connectivity index (χ2n) is 4.75. The smallest absolute Gasteiger partial charge is 0.219 e. The number of aromatic nitrogens is 1. The van der Waals surface area contributed by atoms with Crippen LogP contribution in [0.15, 0.2) is 42.5 Å². The van der Waals surface area contributed by atoms with E-state index in [1.165, 1.54) is 5.56 Å². The van der Waals surface area contributed by atoms with Crippen molar-refractivity contribution < 1.29 is 4.74 Å². The highest BCUT2D eigenvalue weighted by Gasteiger charge is 2.01. The van der Waals surface area contributed by atoms with E-state index in [0.717, 1.165) is 37.4 Å². The first-order valence-electron chi connectivity index (χ1n) is 7.25. The molecule has 0 aliphatic rings. The largest absolute Gasteiger partial charge is 0.439 e. The fourth-order valence-electron chi connectivity index (χ4n) is 1.96. The molecule has 1 heterocycles. The maximum atomic E-state index is 5.83.